The van der Waals surface area contributed by atoms with Gasteiger partial charge < -0.3 is 0 Å². The minimum Gasteiger partial charge on any atom is -0.299 e. The first kappa shape index (κ1) is 12.4. The second-order valence-electron chi connectivity index (χ2n) is 6.81. The highest BCUT2D eigenvalue weighted by Gasteiger charge is 2.50. The van der Waals surface area contributed by atoms with Crippen molar-refractivity contribution >= 4 is 28.7 Å². The van der Waals surface area contributed by atoms with E-state index in [4.69, 9.17) is 11.6 Å². The Hall–Kier alpha value is -0.340. The molecule has 0 aliphatic heterocycles. The summed E-state index contributed by atoms with van der Waals surface area (Å²) in [7, 11) is 0. The molecule has 3 heteroatoms. The molecule has 1 aromatic heterocycles. The van der Waals surface area contributed by atoms with Gasteiger partial charge in [0.05, 0.1) is 4.34 Å². The van der Waals surface area contributed by atoms with Gasteiger partial charge in [0.2, 0.25) is 0 Å². The molecule has 4 aliphatic carbocycles. The molecule has 4 bridgehead atoms. The van der Waals surface area contributed by atoms with Crippen molar-refractivity contribution in [3.8, 4) is 0 Å². The van der Waals surface area contributed by atoms with Gasteiger partial charge in [0, 0.05) is 17.2 Å². The molecule has 4 saturated carbocycles. The van der Waals surface area contributed by atoms with Crippen LogP contribution in [0.25, 0.3) is 0 Å². The zero-order chi connectivity index (χ0) is 13.0. The Morgan fingerprint density at radius 3 is 2.26 bits per heavy atom. The molecule has 0 aromatic carbocycles. The van der Waals surface area contributed by atoms with Gasteiger partial charge in [-0.3, -0.25) is 4.79 Å². The molecule has 0 atom stereocenters. The fourth-order valence-corrected chi connectivity index (χ4v) is 6.28. The Kier molecular flexibility index (Phi) is 3.00. The zero-order valence-electron chi connectivity index (χ0n) is 11.0. The van der Waals surface area contributed by atoms with Crippen LogP contribution in [0.2, 0.25) is 4.34 Å². The van der Waals surface area contributed by atoms with E-state index >= 15 is 0 Å². The highest BCUT2D eigenvalue weighted by molar-refractivity contribution is 7.16. The molecule has 4 fully saturated rings. The number of Topliss-reactive ketones (excluding diaryl/α,β-unsaturated/α-hetero) is 1. The Balaban J connectivity index is 1.51. The molecule has 0 radical (unpaired) electrons. The number of carbonyl (C=O) groups excluding carboxylic acids is 1. The third-order valence-electron chi connectivity index (χ3n) is 5.58. The molecule has 19 heavy (non-hydrogen) atoms. The lowest BCUT2D eigenvalue weighted by Crippen LogP contribution is -2.48. The third kappa shape index (κ3) is 2.17. The second-order valence-corrected chi connectivity index (χ2v) is 8.61. The van der Waals surface area contributed by atoms with Crippen LogP contribution in [0, 0.1) is 29.6 Å². The number of hydrogen-bond donors (Lipinski definition) is 0. The van der Waals surface area contributed by atoms with Crippen LogP contribution in [0.3, 0.4) is 0 Å². The van der Waals surface area contributed by atoms with Crippen LogP contribution < -0.4 is 0 Å². The number of thiophene rings is 1. The number of halogens is 1. The van der Waals surface area contributed by atoms with E-state index in [1.54, 1.807) is 11.3 Å². The van der Waals surface area contributed by atoms with E-state index in [9.17, 15) is 4.79 Å². The van der Waals surface area contributed by atoms with Crippen LogP contribution in [-0.2, 0) is 11.2 Å². The first-order valence-corrected chi connectivity index (χ1v) is 8.65. The normalized spacial score (nSPS) is 39.7. The van der Waals surface area contributed by atoms with E-state index < -0.39 is 0 Å². The molecule has 1 aromatic rings. The van der Waals surface area contributed by atoms with Crippen molar-refractivity contribution in [1.82, 2.24) is 0 Å². The summed E-state index contributed by atoms with van der Waals surface area (Å²) < 4.78 is 0.799. The van der Waals surface area contributed by atoms with Crippen molar-refractivity contribution in [2.45, 2.75) is 38.5 Å². The zero-order valence-corrected chi connectivity index (χ0v) is 12.6. The summed E-state index contributed by atoms with van der Waals surface area (Å²) in [6.07, 6.45) is 7.38. The molecule has 1 nitrogen and oxygen atoms in total. The molecule has 0 unspecified atom stereocenters. The minimum absolute atomic E-state index is 0.369. The largest absolute Gasteiger partial charge is 0.299 e. The van der Waals surface area contributed by atoms with E-state index in [0.29, 0.717) is 30.0 Å². The predicted octanol–water partition coefficient (Wildman–Crippen LogP) is 4.59. The number of ketones is 1. The van der Waals surface area contributed by atoms with Gasteiger partial charge in [0.15, 0.2) is 0 Å². The van der Waals surface area contributed by atoms with Gasteiger partial charge in [0.25, 0.3) is 0 Å². The van der Waals surface area contributed by atoms with Crippen molar-refractivity contribution in [2.24, 2.45) is 29.6 Å². The molecule has 0 N–H and O–H groups in total. The maximum absolute atomic E-state index is 12.7. The fraction of sp³-hybridized carbons (Fsp3) is 0.688. The van der Waals surface area contributed by atoms with E-state index in [-0.39, 0.29) is 0 Å². The van der Waals surface area contributed by atoms with Crippen LogP contribution >= 0.6 is 22.9 Å². The predicted molar refractivity (Wildman–Crippen MR) is 78.6 cm³/mol. The summed E-state index contributed by atoms with van der Waals surface area (Å²) in [4.78, 5) is 13.8. The highest BCUT2D eigenvalue weighted by Crippen LogP contribution is 2.56. The molecule has 1 heterocycles. The lowest BCUT2D eigenvalue weighted by molar-refractivity contribution is -0.135. The van der Waals surface area contributed by atoms with Crippen LogP contribution in [0.5, 0.6) is 0 Å². The smallest absolute Gasteiger partial charge is 0.141 e. The molecule has 0 saturated heterocycles. The second kappa shape index (κ2) is 4.60. The van der Waals surface area contributed by atoms with Crippen LogP contribution in [0.1, 0.15) is 37.0 Å². The average molecular weight is 295 g/mol. The Morgan fingerprint density at radius 2 is 1.74 bits per heavy atom. The summed E-state index contributed by atoms with van der Waals surface area (Å²) in [5.41, 5.74) is 0. The van der Waals surface area contributed by atoms with E-state index in [1.165, 1.54) is 32.1 Å². The van der Waals surface area contributed by atoms with Gasteiger partial charge in [0.1, 0.15) is 5.78 Å². The first-order valence-electron chi connectivity index (χ1n) is 7.46. The van der Waals surface area contributed by atoms with E-state index in [1.807, 2.05) is 12.1 Å². The molecular weight excluding hydrogens is 276 g/mol. The number of carbonyl (C=O) groups is 1. The Bertz CT molecular complexity index is 479. The van der Waals surface area contributed by atoms with E-state index in [2.05, 4.69) is 0 Å². The molecular formula is C16H19ClOS. The third-order valence-corrected chi connectivity index (χ3v) is 6.81. The quantitative estimate of drug-likeness (QED) is 0.797. The summed E-state index contributed by atoms with van der Waals surface area (Å²) in [6.45, 7) is 0. The van der Waals surface area contributed by atoms with E-state index in [0.717, 1.165) is 21.0 Å². The lowest BCUT2D eigenvalue weighted by Gasteiger charge is -2.53. The lowest BCUT2D eigenvalue weighted by atomic mass is 9.51. The molecule has 5 rings (SSSR count). The molecule has 0 spiro atoms. The maximum atomic E-state index is 12.7. The number of rotatable bonds is 3. The van der Waals surface area contributed by atoms with Gasteiger partial charge in [-0.1, -0.05) is 11.6 Å². The van der Waals surface area contributed by atoms with Gasteiger partial charge in [-0.2, -0.15) is 0 Å². The summed E-state index contributed by atoms with van der Waals surface area (Å²) in [6, 6.07) is 3.92. The van der Waals surface area contributed by atoms with Gasteiger partial charge in [-0.05, 0) is 67.9 Å². The van der Waals surface area contributed by atoms with Crippen molar-refractivity contribution in [2.75, 3.05) is 0 Å². The average Bonchev–Trinajstić information content (AvgIpc) is 2.73. The van der Waals surface area contributed by atoms with Crippen molar-refractivity contribution in [3.05, 3.63) is 21.3 Å². The molecule has 0 amide bonds. The Morgan fingerprint density at radius 1 is 1.11 bits per heavy atom. The topological polar surface area (TPSA) is 17.1 Å². The highest BCUT2D eigenvalue weighted by atomic mass is 35.5. The monoisotopic (exact) mass is 294 g/mol. The minimum atomic E-state index is 0.369. The van der Waals surface area contributed by atoms with Crippen molar-refractivity contribution in [1.29, 1.82) is 0 Å². The summed E-state index contributed by atoms with van der Waals surface area (Å²) in [5, 5.41) is 0. The number of hydrogen-bond acceptors (Lipinski definition) is 2. The van der Waals surface area contributed by atoms with Crippen molar-refractivity contribution < 1.29 is 4.79 Å². The first-order chi connectivity index (χ1) is 9.19. The molecule has 102 valence electrons. The SMILES string of the molecule is O=C(Cc1ccc(Cl)s1)C1C2CC3CC(C2)CC1C3. The van der Waals surface area contributed by atoms with Crippen LogP contribution in [0.4, 0.5) is 0 Å². The van der Waals surface area contributed by atoms with Gasteiger partial charge in [-0.25, -0.2) is 0 Å². The summed E-state index contributed by atoms with van der Waals surface area (Å²) >= 11 is 7.52. The van der Waals surface area contributed by atoms with Crippen LogP contribution in [-0.4, -0.2) is 5.78 Å². The van der Waals surface area contributed by atoms with Gasteiger partial charge >= 0.3 is 0 Å². The standard InChI is InChI=1S/C16H19ClOS/c17-15-2-1-13(19-15)8-14(18)16-11-4-9-3-10(6-11)7-12(16)5-9/h1-2,9-12,16H,3-8H2. The summed E-state index contributed by atoms with van der Waals surface area (Å²) in [5.74, 6) is 4.17. The maximum Gasteiger partial charge on any atom is 0.141 e. The Labute approximate surface area is 123 Å². The van der Waals surface area contributed by atoms with Crippen molar-refractivity contribution in [3.63, 3.8) is 0 Å². The fourth-order valence-electron chi connectivity index (χ4n) is 5.19. The molecule has 4 aliphatic rings. The van der Waals surface area contributed by atoms with Crippen LogP contribution in [0.15, 0.2) is 12.1 Å². The van der Waals surface area contributed by atoms with Gasteiger partial charge in [-0.15, -0.1) is 11.3 Å².